The highest BCUT2D eigenvalue weighted by atomic mass is 16.4. The Morgan fingerprint density at radius 3 is 0.946 bits per heavy atom. The van der Waals surface area contributed by atoms with Gasteiger partial charge in [0.1, 0.15) is 6.04 Å². The van der Waals surface area contributed by atoms with Gasteiger partial charge in [-0.1, -0.05) is 11.8 Å². The Morgan fingerprint density at radius 2 is 0.661 bits per heavy atom. The number of amides is 2. The lowest BCUT2D eigenvalue weighted by atomic mass is 10.1. The number of carboxylic acids is 1. The quantitative estimate of drug-likeness (QED) is 0.256. The van der Waals surface area contributed by atoms with Gasteiger partial charge in [0.05, 0.1) is 0 Å². The third kappa shape index (κ3) is 34.9. The van der Waals surface area contributed by atoms with Gasteiger partial charge in [-0.2, -0.15) is 0 Å². The van der Waals surface area contributed by atoms with E-state index in [9.17, 15) is 19.5 Å². The number of hydrogen-bond donors (Lipinski definition) is 3. The van der Waals surface area contributed by atoms with E-state index in [1.807, 2.05) is 0 Å². The molecule has 252 valence electrons. The number of aliphatic carboxylic acids is 1. The van der Waals surface area contributed by atoms with E-state index < -0.39 is 23.8 Å². The molecule has 0 unspecified atom stereocenters. The van der Waals surface area contributed by atoms with Gasteiger partial charge in [-0.15, -0.1) is 0 Å². The Kier molecular flexibility index (Phi) is 30.5. The molecule has 0 aliphatic carbocycles. The number of nitrogens with one attached hydrogen (secondary N) is 2. The van der Waals surface area contributed by atoms with Gasteiger partial charge in [-0.05, 0) is 223 Å². The fourth-order valence-electron chi connectivity index (χ4n) is 2.47. The third-order valence-electron chi connectivity index (χ3n) is 4.54. The molecule has 0 aliphatic rings. The Bertz CT molecular complexity index is 2920. The van der Waals surface area contributed by atoms with Gasteiger partial charge in [0.25, 0.3) is 11.8 Å². The smallest absolute Gasteiger partial charge is 0.326 e. The minimum Gasteiger partial charge on any atom is -0.480 e. The average molecular weight is 711 g/mol. The number of rotatable bonds is 7. The van der Waals surface area contributed by atoms with Gasteiger partial charge in [0, 0.05) is 42.1 Å². The van der Waals surface area contributed by atoms with Crippen molar-refractivity contribution in [3.05, 3.63) is 0 Å². The lowest BCUT2D eigenvalue weighted by molar-refractivity contribution is -0.141. The first-order chi connectivity index (χ1) is 27.5. The number of carbonyl (C=O) groups is 3. The number of unbranched alkanes of at least 4 members (excludes halogenated alkanes) is 1. The predicted molar refractivity (Wildman–Crippen MR) is 213 cm³/mol. The third-order valence-corrected chi connectivity index (χ3v) is 4.54. The molecule has 0 heterocycles. The minimum absolute atomic E-state index is 0.102. The van der Waals surface area contributed by atoms with E-state index in [1.165, 1.54) is 0 Å². The zero-order chi connectivity index (χ0) is 40.8. The van der Waals surface area contributed by atoms with Gasteiger partial charge in [-0.25, -0.2) is 4.79 Å². The van der Waals surface area contributed by atoms with Gasteiger partial charge >= 0.3 is 5.97 Å². The van der Waals surface area contributed by atoms with E-state index >= 15 is 0 Å². The Hall–Kier alpha value is -10.4. The van der Waals surface area contributed by atoms with Gasteiger partial charge in [0.15, 0.2) is 0 Å². The summed E-state index contributed by atoms with van der Waals surface area (Å²) in [5.74, 6) is 95.5. The second-order valence-corrected chi connectivity index (χ2v) is 8.37. The van der Waals surface area contributed by atoms with Crippen LogP contribution in [-0.2, 0) is 14.4 Å². The molecule has 6 nitrogen and oxygen atoms in total. The van der Waals surface area contributed by atoms with Crippen LogP contribution >= 0.6 is 0 Å². The summed E-state index contributed by atoms with van der Waals surface area (Å²) >= 11 is 0. The number of hydrogen-bond acceptors (Lipinski definition) is 3. The van der Waals surface area contributed by atoms with E-state index in [0.717, 1.165) is 0 Å². The first kappa shape index (κ1) is 45.6. The van der Waals surface area contributed by atoms with Crippen LogP contribution in [0, 0.1) is 237 Å². The molecule has 0 saturated heterocycles. The molecule has 1 atom stereocenters. The lowest BCUT2D eigenvalue weighted by Crippen LogP contribution is -2.40. The molecular formula is C50H18N2O4. The summed E-state index contributed by atoms with van der Waals surface area (Å²) < 4.78 is 0. The molecule has 0 radical (unpaired) electrons. The van der Waals surface area contributed by atoms with Crippen molar-refractivity contribution in [3.63, 3.8) is 0 Å². The van der Waals surface area contributed by atoms with E-state index in [4.69, 9.17) is 0 Å². The fraction of sp³-hybridized carbons (Fsp3) is 0.140. The Labute approximate surface area is 329 Å². The largest absolute Gasteiger partial charge is 0.480 e. The van der Waals surface area contributed by atoms with Crippen LogP contribution in [0.25, 0.3) is 0 Å². The first-order valence-electron chi connectivity index (χ1n) is 15.2. The molecule has 0 spiro atoms. The molecule has 3 N–H and O–H groups in total. The monoisotopic (exact) mass is 710 g/mol. The van der Waals surface area contributed by atoms with Gasteiger partial charge in [-0.3, -0.25) is 9.59 Å². The van der Waals surface area contributed by atoms with Crippen LogP contribution in [0.15, 0.2) is 0 Å². The summed E-state index contributed by atoms with van der Waals surface area (Å²) in [6.45, 7) is 3.57. The molecule has 0 aromatic carbocycles. The number of carbonyl (C=O) groups excluding carboxylic acids is 2. The summed E-state index contributed by atoms with van der Waals surface area (Å²) in [7, 11) is 0. The molecule has 2 amide bonds. The highest BCUT2D eigenvalue weighted by molar-refractivity contribution is 5.96. The van der Waals surface area contributed by atoms with Gasteiger partial charge in [0.2, 0.25) is 0 Å². The van der Waals surface area contributed by atoms with Crippen molar-refractivity contribution in [2.75, 3.05) is 6.54 Å². The zero-order valence-electron chi connectivity index (χ0n) is 29.6. The summed E-state index contributed by atoms with van der Waals surface area (Å²) in [6, 6.07) is -1.18. The molecule has 0 aliphatic heterocycles. The van der Waals surface area contributed by atoms with Crippen molar-refractivity contribution >= 4 is 17.8 Å². The Balaban J connectivity index is 4.56. The molecule has 0 aromatic heterocycles. The number of carboxylic acid groups (broad SMARTS) is 1. The standard InChI is InChI=1S/C50H18N2O4/c1-3-5-7-9-11-13-15-17-19-21-23-25-27-29-31-33-35-37-39-44-48(53)51-46-42-41-43-47(50(55)56)52-49(54)45-40-38-36-34-32-30-28-26-24-22-20-18-16-14-12-10-8-6-4-2/h47H,41-43,46H2,1-2H3,(H,51,53)(H,52,54)(H,55,56)/t47-/m0/s1. The van der Waals surface area contributed by atoms with Crippen LogP contribution in [-0.4, -0.2) is 35.5 Å². The van der Waals surface area contributed by atoms with Crippen molar-refractivity contribution < 1.29 is 19.5 Å². The van der Waals surface area contributed by atoms with Gasteiger partial charge < -0.3 is 15.7 Å². The van der Waals surface area contributed by atoms with Crippen molar-refractivity contribution in [3.8, 4) is 237 Å². The maximum Gasteiger partial charge on any atom is 0.326 e. The molecule has 0 fully saturated rings. The molecule has 6 heteroatoms. The van der Waals surface area contributed by atoms with Crippen molar-refractivity contribution in [2.24, 2.45) is 0 Å². The fourth-order valence-corrected chi connectivity index (χ4v) is 2.47. The Morgan fingerprint density at radius 1 is 0.393 bits per heavy atom. The van der Waals surface area contributed by atoms with Crippen molar-refractivity contribution in [1.29, 1.82) is 0 Å². The molecule has 0 bridgehead atoms. The van der Waals surface area contributed by atoms with E-state index in [0.29, 0.717) is 12.8 Å². The molecule has 56 heavy (non-hydrogen) atoms. The minimum atomic E-state index is -1.24. The highest BCUT2D eigenvalue weighted by Crippen LogP contribution is 2.01. The summed E-state index contributed by atoms with van der Waals surface area (Å²) in [4.78, 5) is 35.3. The highest BCUT2D eigenvalue weighted by Gasteiger charge is 2.18. The van der Waals surface area contributed by atoms with E-state index in [1.54, 1.807) is 13.8 Å². The maximum absolute atomic E-state index is 12.0. The van der Waals surface area contributed by atoms with Crippen molar-refractivity contribution in [1.82, 2.24) is 10.6 Å². The molecule has 0 rings (SSSR count). The van der Waals surface area contributed by atoms with Crippen LogP contribution in [0.4, 0.5) is 0 Å². The summed E-state index contributed by atoms with van der Waals surface area (Å²) in [6.07, 6.45) is 0.910. The summed E-state index contributed by atoms with van der Waals surface area (Å²) in [5, 5.41) is 14.2. The lowest BCUT2D eigenvalue weighted by Gasteiger charge is -2.12. The molecule has 0 aromatic rings. The normalized spacial score (nSPS) is 6.18. The first-order valence-corrected chi connectivity index (χ1v) is 15.2. The zero-order valence-corrected chi connectivity index (χ0v) is 29.6. The average Bonchev–Trinajstić information content (AvgIpc) is 3.19. The van der Waals surface area contributed by atoms with Crippen LogP contribution in [0.5, 0.6) is 0 Å². The van der Waals surface area contributed by atoms with Crippen LogP contribution in [0.3, 0.4) is 0 Å². The van der Waals surface area contributed by atoms with Crippen LogP contribution in [0.2, 0.25) is 0 Å². The van der Waals surface area contributed by atoms with E-state index in [2.05, 4.69) is 247 Å². The second-order valence-electron chi connectivity index (χ2n) is 8.37. The SMILES string of the molecule is CC#CC#CC#CC#CC#CC#CC#CC#CC#CC#CC(=O)NCCCC[C@H](NC(=O)C#CC#CC#CC#CC#CC#CC#CC#CC#CC#CC)C(=O)O. The predicted octanol–water partition coefficient (Wildman–Crippen LogP) is -0.0499. The topological polar surface area (TPSA) is 95.5 Å². The second kappa shape index (κ2) is 37.4. The van der Waals surface area contributed by atoms with Crippen molar-refractivity contribution in [2.45, 2.75) is 39.2 Å². The summed E-state index contributed by atoms with van der Waals surface area (Å²) in [5.41, 5.74) is 0. The molecular weight excluding hydrogens is 693 g/mol. The molecule has 0 saturated carbocycles. The maximum atomic E-state index is 12.0. The van der Waals surface area contributed by atoms with Crippen LogP contribution < -0.4 is 10.6 Å². The van der Waals surface area contributed by atoms with Crippen LogP contribution in [0.1, 0.15) is 33.1 Å². The van der Waals surface area contributed by atoms with E-state index in [-0.39, 0.29) is 13.0 Å².